The maximum Gasteiger partial charge on any atom is 0.153 e. The molecule has 0 aromatic heterocycles. The molecular formula is C18H12N2O. The maximum absolute atomic E-state index is 6.06. The van der Waals surface area contributed by atoms with Crippen LogP contribution in [0.3, 0.4) is 0 Å². The molecule has 0 amide bonds. The summed E-state index contributed by atoms with van der Waals surface area (Å²) in [6.45, 7) is 0. The first-order valence-electron chi connectivity index (χ1n) is 6.98. The highest BCUT2D eigenvalue weighted by Crippen LogP contribution is 2.57. The molecule has 0 spiro atoms. The highest BCUT2D eigenvalue weighted by Gasteiger charge is 2.32. The van der Waals surface area contributed by atoms with Crippen LogP contribution in [0.25, 0.3) is 0 Å². The van der Waals surface area contributed by atoms with Crippen molar-refractivity contribution in [2.24, 2.45) is 0 Å². The highest BCUT2D eigenvalue weighted by atomic mass is 16.5. The molecule has 2 aliphatic rings. The number of fused-ring (bicyclic) bond motifs is 4. The van der Waals surface area contributed by atoms with Gasteiger partial charge >= 0.3 is 0 Å². The molecule has 0 atom stereocenters. The minimum absolute atomic E-state index is 0.883. The molecule has 21 heavy (non-hydrogen) atoms. The lowest BCUT2D eigenvalue weighted by molar-refractivity contribution is 0.477. The number of anilines is 5. The SMILES string of the molecule is c1ccc2c(c1)Nc1cccc3c1N2c1ccccc1O3. The smallest absolute Gasteiger partial charge is 0.153 e. The van der Waals surface area contributed by atoms with Crippen molar-refractivity contribution in [1.82, 2.24) is 0 Å². The molecule has 1 N–H and O–H groups in total. The van der Waals surface area contributed by atoms with Gasteiger partial charge in [-0.2, -0.15) is 0 Å². The van der Waals surface area contributed by atoms with Crippen molar-refractivity contribution in [3.63, 3.8) is 0 Å². The second-order valence-electron chi connectivity index (χ2n) is 5.20. The van der Waals surface area contributed by atoms with Gasteiger partial charge in [0.25, 0.3) is 0 Å². The lowest BCUT2D eigenvalue weighted by Crippen LogP contribution is -2.21. The van der Waals surface area contributed by atoms with Crippen molar-refractivity contribution in [1.29, 1.82) is 0 Å². The summed E-state index contributed by atoms with van der Waals surface area (Å²) in [6, 6.07) is 22.6. The van der Waals surface area contributed by atoms with Gasteiger partial charge in [-0.25, -0.2) is 0 Å². The van der Waals surface area contributed by atoms with E-state index < -0.39 is 0 Å². The predicted molar refractivity (Wildman–Crippen MR) is 84.5 cm³/mol. The van der Waals surface area contributed by atoms with Crippen LogP contribution in [0.2, 0.25) is 0 Å². The molecule has 5 rings (SSSR count). The highest BCUT2D eigenvalue weighted by molar-refractivity contribution is 6.01. The molecule has 3 heteroatoms. The van der Waals surface area contributed by atoms with Gasteiger partial charge in [0.05, 0.1) is 22.7 Å². The van der Waals surface area contributed by atoms with Crippen molar-refractivity contribution in [2.75, 3.05) is 10.2 Å². The number of nitrogens with one attached hydrogen (secondary N) is 1. The van der Waals surface area contributed by atoms with E-state index in [1.165, 1.54) is 0 Å². The number of hydrogen-bond acceptors (Lipinski definition) is 3. The lowest BCUT2D eigenvalue weighted by Gasteiger charge is -2.38. The molecule has 3 nitrogen and oxygen atoms in total. The van der Waals surface area contributed by atoms with E-state index >= 15 is 0 Å². The Morgan fingerprint density at radius 3 is 2.33 bits per heavy atom. The van der Waals surface area contributed by atoms with Gasteiger partial charge in [0.2, 0.25) is 0 Å². The van der Waals surface area contributed by atoms with Gasteiger partial charge in [-0.05, 0) is 36.4 Å². The Balaban J connectivity index is 1.88. The maximum atomic E-state index is 6.06. The Hall–Kier alpha value is -2.94. The summed E-state index contributed by atoms with van der Waals surface area (Å²) in [4.78, 5) is 2.27. The molecule has 3 aromatic rings. The van der Waals surface area contributed by atoms with E-state index in [1.807, 2.05) is 36.4 Å². The summed E-state index contributed by atoms with van der Waals surface area (Å²) in [5.41, 5.74) is 5.48. The normalized spacial score (nSPS) is 13.4. The van der Waals surface area contributed by atoms with Crippen LogP contribution in [0.1, 0.15) is 0 Å². The fourth-order valence-corrected chi connectivity index (χ4v) is 3.07. The molecule has 3 aromatic carbocycles. The van der Waals surface area contributed by atoms with Crippen LogP contribution < -0.4 is 15.0 Å². The van der Waals surface area contributed by atoms with Gasteiger partial charge in [-0.1, -0.05) is 30.3 Å². The summed E-state index contributed by atoms with van der Waals surface area (Å²) < 4.78 is 6.06. The van der Waals surface area contributed by atoms with Gasteiger partial charge in [-0.3, -0.25) is 4.90 Å². The van der Waals surface area contributed by atoms with E-state index in [0.29, 0.717) is 0 Å². The van der Waals surface area contributed by atoms with E-state index in [4.69, 9.17) is 4.74 Å². The first-order valence-corrected chi connectivity index (χ1v) is 6.98. The first kappa shape index (κ1) is 10.8. The average molecular weight is 272 g/mol. The molecule has 0 saturated carbocycles. The second kappa shape index (κ2) is 3.79. The number of rotatable bonds is 0. The Labute approximate surface area is 122 Å². The van der Waals surface area contributed by atoms with Crippen molar-refractivity contribution >= 4 is 28.4 Å². The van der Waals surface area contributed by atoms with Crippen LogP contribution >= 0.6 is 0 Å². The third-order valence-corrected chi connectivity index (χ3v) is 3.96. The van der Waals surface area contributed by atoms with E-state index in [2.05, 4.69) is 40.5 Å². The number of ether oxygens (including phenoxy) is 1. The molecule has 2 heterocycles. The number of benzene rings is 3. The van der Waals surface area contributed by atoms with Gasteiger partial charge in [0.1, 0.15) is 5.69 Å². The zero-order valence-electron chi connectivity index (χ0n) is 11.2. The van der Waals surface area contributed by atoms with Gasteiger partial charge in [0, 0.05) is 0 Å². The standard InChI is InChI=1S/C18H12N2O/c1-2-8-14-12(6-1)19-13-7-5-11-17-18(13)20(14)15-9-3-4-10-16(15)21-17/h1-11,19H. The van der Waals surface area contributed by atoms with E-state index in [9.17, 15) is 0 Å². The topological polar surface area (TPSA) is 24.5 Å². The van der Waals surface area contributed by atoms with E-state index in [-0.39, 0.29) is 0 Å². The fourth-order valence-electron chi connectivity index (χ4n) is 3.07. The summed E-state index contributed by atoms with van der Waals surface area (Å²) in [6.07, 6.45) is 0. The molecule has 0 saturated heterocycles. The van der Waals surface area contributed by atoms with Gasteiger partial charge in [0.15, 0.2) is 11.5 Å². The summed E-state index contributed by atoms with van der Waals surface area (Å²) in [7, 11) is 0. The number of para-hydroxylation sites is 5. The molecule has 0 unspecified atom stereocenters. The van der Waals surface area contributed by atoms with Gasteiger partial charge < -0.3 is 10.1 Å². The molecular weight excluding hydrogens is 260 g/mol. The third kappa shape index (κ3) is 1.37. The zero-order valence-corrected chi connectivity index (χ0v) is 11.2. The van der Waals surface area contributed by atoms with Crippen molar-refractivity contribution in [3.8, 4) is 11.5 Å². The summed E-state index contributed by atoms with van der Waals surface area (Å²) >= 11 is 0. The van der Waals surface area contributed by atoms with Crippen LogP contribution in [0.4, 0.5) is 28.4 Å². The molecule has 0 radical (unpaired) electrons. The van der Waals surface area contributed by atoms with E-state index in [1.54, 1.807) is 0 Å². The van der Waals surface area contributed by atoms with Crippen molar-refractivity contribution in [2.45, 2.75) is 0 Å². The van der Waals surface area contributed by atoms with Crippen LogP contribution in [0.5, 0.6) is 11.5 Å². The van der Waals surface area contributed by atoms with Crippen LogP contribution in [-0.4, -0.2) is 0 Å². The lowest BCUT2D eigenvalue weighted by atomic mass is 10.1. The Bertz CT molecular complexity index is 805. The minimum atomic E-state index is 0.883. The first-order chi connectivity index (χ1) is 10.4. The molecule has 2 aliphatic heterocycles. The number of nitrogens with zero attached hydrogens (tertiary/aromatic N) is 1. The summed E-state index contributed by atoms with van der Waals surface area (Å²) in [5, 5.41) is 3.49. The van der Waals surface area contributed by atoms with Gasteiger partial charge in [-0.15, -0.1) is 0 Å². The quantitative estimate of drug-likeness (QED) is 0.413. The minimum Gasteiger partial charge on any atom is -0.453 e. The van der Waals surface area contributed by atoms with Crippen LogP contribution in [0, 0.1) is 0 Å². The summed E-state index contributed by atoms with van der Waals surface area (Å²) in [5.74, 6) is 1.77. The average Bonchev–Trinajstić information content (AvgIpc) is 2.54. The number of hydrogen-bond donors (Lipinski definition) is 1. The monoisotopic (exact) mass is 272 g/mol. The van der Waals surface area contributed by atoms with E-state index in [0.717, 1.165) is 39.9 Å². The third-order valence-electron chi connectivity index (χ3n) is 3.96. The van der Waals surface area contributed by atoms with Crippen LogP contribution in [-0.2, 0) is 0 Å². The predicted octanol–water partition coefficient (Wildman–Crippen LogP) is 5.32. The Morgan fingerprint density at radius 1 is 0.667 bits per heavy atom. The Morgan fingerprint density at radius 2 is 1.38 bits per heavy atom. The molecule has 0 aliphatic carbocycles. The van der Waals surface area contributed by atoms with Crippen molar-refractivity contribution < 1.29 is 4.74 Å². The molecule has 0 fully saturated rings. The van der Waals surface area contributed by atoms with Crippen LogP contribution in [0.15, 0.2) is 66.7 Å². The van der Waals surface area contributed by atoms with Crippen molar-refractivity contribution in [3.05, 3.63) is 66.7 Å². The fraction of sp³-hybridized carbons (Fsp3) is 0. The largest absolute Gasteiger partial charge is 0.453 e. The second-order valence-corrected chi connectivity index (χ2v) is 5.20. The molecule has 0 bridgehead atoms. The molecule has 100 valence electrons. The zero-order chi connectivity index (χ0) is 13.8. The Kier molecular flexibility index (Phi) is 1.95.